The first kappa shape index (κ1) is 12.9. The van der Waals surface area contributed by atoms with Crippen LogP contribution in [0.1, 0.15) is 10.4 Å². The number of aromatic nitrogens is 1. The number of benzene rings is 2. The zero-order valence-corrected chi connectivity index (χ0v) is 11.1. The van der Waals surface area contributed by atoms with E-state index in [4.69, 9.17) is 10.8 Å². The molecule has 5 heteroatoms. The van der Waals surface area contributed by atoms with Crippen molar-refractivity contribution in [2.75, 3.05) is 11.1 Å². The minimum Gasteiger partial charge on any atom is -0.478 e. The fraction of sp³-hybridized carbons (Fsp3) is 0. The van der Waals surface area contributed by atoms with Crippen LogP contribution in [0.15, 0.2) is 54.7 Å². The quantitative estimate of drug-likeness (QED) is 0.640. The molecular formula is C16H13N3O2. The molecule has 0 amide bonds. The van der Waals surface area contributed by atoms with E-state index in [2.05, 4.69) is 10.3 Å². The molecule has 0 aliphatic heterocycles. The van der Waals surface area contributed by atoms with Gasteiger partial charge in [0, 0.05) is 17.3 Å². The third-order valence-corrected chi connectivity index (χ3v) is 3.18. The molecule has 0 unspecified atom stereocenters. The Bertz CT molecular complexity index is 831. The topological polar surface area (TPSA) is 88.2 Å². The second kappa shape index (κ2) is 5.13. The molecule has 0 bridgehead atoms. The molecule has 0 aliphatic carbocycles. The Labute approximate surface area is 121 Å². The summed E-state index contributed by atoms with van der Waals surface area (Å²) in [5.74, 6) is -0.995. The smallest absolute Gasteiger partial charge is 0.335 e. The summed E-state index contributed by atoms with van der Waals surface area (Å²) in [7, 11) is 0. The van der Waals surface area contributed by atoms with Gasteiger partial charge in [0.1, 0.15) is 0 Å². The fourth-order valence-electron chi connectivity index (χ4n) is 2.12. The number of nitrogens with one attached hydrogen (secondary N) is 1. The van der Waals surface area contributed by atoms with Gasteiger partial charge in [-0.25, -0.2) is 4.79 Å². The summed E-state index contributed by atoms with van der Waals surface area (Å²) in [6.07, 6.45) is 1.75. The fourth-order valence-corrected chi connectivity index (χ4v) is 2.12. The monoisotopic (exact) mass is 279 g/mol. The number of nitrogen functional groups attached to an aromatic ring is 1. The van der Waals surface area contributed by atoms with Gasteiger partial charge in [0.25, 0.3) is 0 Å². The standard InChI is InChI=1S/C16H13N3O2/c17-13-9-11(16(20)21)3-5-15(13)19-12-4-6-14-10(8-12)2-1-7-18-14/h1-9,19H,17H2,(H,20,21). The number of hydrogen-bond donors (Lipinski definition) is 3. The predicted octanol–water partition coefficient (Wildman–Crippen LogP) is 3.26. The second-order valence-corrected chi connectivity index (χ2v) is 4.64. The van der Waals surface area contributed by atoms with Gasteiger partial charge < -0.3 is 16.2 Å². The third kappa shape index (κ3) is 2.62. The van der Waals surface area contributed by atoms with Crippen LogP contribution in [0, 0.1) is 0 Å². The summed E-state index contributed by atoms with van der Waals surface area (Å²) in [5.41, 5.74) is 8.89. The number of anilines is 3. The van der Waals surface area contributed by atoms with Gasteiger partial charge in [-0.3, -0.25) is 4.98 Å². The molecule has 3 aromatic rings. The van der Waals surface area contributed by atoms with Crippen molar-refractivity contribution in [3.8, 4) is 0 Å². The summed E-state index contributed by atoms with van der Waals surface area (Å²) in [6, 6.07) is 14.3. The van der Waals surface area contributed by atoms with Crippen LogP contribution in [0.3, 0.4) is 0 Å². The van der Waals surface area contributed by atoms with Crippen LogP contribution in [0.2, 0.25) is 0 Å². The minimum atomic E-state index is -0.995. The van der Waals surface area contributed by atoms with Gasteiger partial charge in [-0.2, -0.15) is 0 Å². The molecule has 4 N–H and O–H groups in total. The van der Waals surface area contributed by atoms with E-state index in [0.717, 1.165) is 16.6 Å². The van der Waals surface area contributed by atoms with E-state index in [1.807, 2.05) is 30.3 Å². The highest BCUT2D eigenvalue weighted by Crippen LogP contribution is 2.26. The van der Waals surface area contributed by atoms with Gasteiger partial charge in [-0.15, -0.1) is 0 Å². The number of hydrogen-bond acceptors (Lipinski definition) is 4. The van der Waals surface area contributed by atoms with Crippen LogP contribution in [0.5, 0.6) is 0 Å². The van der Waals surface area contributed by atoms with Crippen LogP contribution in [0.4, 0.5) is 17.1 Å². The van der Waals surface area contributed by atoms with Crippen molar-refractivity contribution in [3.63, 3.8) is 0 Å². The number of carboxylic acid groups (broad SMARTS) is 1. The highest BCUT2D eigenvalue weighted by molar-refractivity contribution is 5.91. The molecule has 2 aromatic carbocycles. The lowest BCUT2D eigenvalue weighted by atomic mass is 10.1. The van der Waals surface area contributed by atoms with E-state index in [0.29, 0.717) is 11.4 Å². The van der Waals surface area contributed by atoms with E-state index >= 15 is 0 Å². The van der Waals surface area contributed by atoms with Crippen molar-refractivity contribution in [1.82, 2.24) is 4.98 Å². The third-order valence-electron chi connectivity index (χ3n) is 3.18. The van der Waals surface area contributed by atoms with Crippen molar-refractivity contribution >= 4 is 33.9 Å². The molecule has 5 nitrogen and oxygen atoms in total. The number of nitrogens with two attached hydrogens (primary N) is 1. The summed E-state index contributed by atoms with van der Waals surface area (Å²) in [6.45, 7) is 0. The maximum absolute atomic E-state index is 10.9. The lowest BCUT2D eigenvalue weighted by Gasteiger charge is -2.10. The summed E-state index contributed by atoms with van der Waals surface area (Å²) in [4.78, 5) is 15.1. The molecule has 1 heterocycles. The Morgan fingerprint density at radius 3 is 2.76 bits per heavy atom. The lowest BCUT2D eigenvalue weighted by Crippen LogP contribution is -2.01. The first-order valence-electron chi connectivity index (χ1n) is 6.38. The number of carboxylic acids is 1. The zero-order chi connectivity index (χ0) is 14.8. The Hall–Kier alpha value is -3.08. The van der Waals surface area contributed by atoms with Gasteiger partial charge in [-0.05, 0) is 42.5 Å². The lowest BCUT2D eigenvalue weighted by molar-refractivity contribution is 0.0697. The largest absolute Gasteiger partial charge is 0.478 e. The SMILES string of the molecule is Nc1cc(C(=O)O)ccc1Nc1ccc2ncccc2c1. The van der Waals surface area contributed by atoms with Crippen LogP contribution in [0.25, 0.3) is 10.9 Å². The van der Waals surface area contributed by atoms with Gasteiger partial charge in [-0.1, -0.05) is 6.07 Å². The summed E-state index contributed by atoms with van der Waals surface area (Å²) < 4.78 is 0. The van der Waals surface area contributed by atoms with Crippen molar-refractivity contribution in [3.05, 3.63) is 60.3 Å². The molecule has 104 valence electrons. The van der Waals surface area contributed by atoms with E-state index in [1.54, 1.807) is 12.3 Å². The number of carbonyl (C=O) groups is 1. The molecular weight excluding hydrogens is 266 g/mol. The number of aromatic carboxylic acids is 1. The predicted molar refractivity (Wildman–Crippen MR) is 82.8 cm³/mol. The molecule has 3 rings (SSSR count). The van der Waals surface area contributed by atoms with Crippen molar-refractivity contribution < 1.29 is 9.90 Å². The summed E-state index contributed by atoms with van der Waals surface area (Å²) >= 11 is 0. The Morgan fingerprint density at radius 1 is 1.14 bits per heavy atom. The molecule has 0 aliphatic rings. The molecule has 0 fully saturated rings. The molecule has 1 aromatic heterocycles. The molecule has 0 saturated carbocycles. The molecule has 0 radical (unpaired) electrons. The molecule has 0 saturated heterocycles. The number of nitrogens with zero attached hydrogens (tertiary/aromatic N) is 1. The normalized spacial score (nSPS) is 10.5. The summed E-state index contributed by atoms with van der Waals surface area (Å²) in [5, 5.41) is 13.1. The second-order valence-electron chi connectivity index (χ2n) is 4.64. The Kier molecular flexibility index (Phi) is 3.16. The van der Waals surface area contributed by atoms with E-state index in [9.17, 15) is 4.79 Å². The Morgan fingerprint density at radius 2 is 2.00 bits per heavy atom. The zero-order valence-electron chi connectivity index (χ0n) is 11.1. The van der Waals surface area contributed by atoms with Gasteiger partial charge in [0.05, 0.1) is 22.5 Å². The first-order valence-corrected chi connectivity index (χ1v) is 6.38. The van der Waals surface area contributed by atoms with Crippen LogP contribution in [-0.4, -0.2) is 16.1 Å². The van der Waals surface area contributed by atoms with Crippen LogP contribution in [-0.2, 0) is 0 Å². The van der Waals surface area contributed by atoms with E-state index in [1.165, 1.54) is 12.1 Å². The maximum Gasteiger partial charge on any atom is 0.335 e. The minimum absolute atomic E-state index is 0.167. The van der Waals surface area contributed by atoms with E-state index < -0.39 is 5.97 Å². The van der Waals surface area contributed by atoms with Crippen molar-refractivity contribution in [1.29, 1.82) is 0 Å². The molecule has 0 atom stereocenters. The average molecular weight is 279 g/mol. The molecule has 21 heavy (non-hydrogen) atoms. The Balaban J connectivity index is 1.93. The van der Waals surface area contributed by atoms with Crippen LogP contribution < -0.4 is 11.1 Å². The average Bonchev–Trinajstić information content (AvgIpc) is 2.49. The first-order chi connectivity index (χ1) is 10.1. The van der Waals surface area contributed by atoms with Crippen molar-refractivity contribution in [2.45, 2.75) is 0 Å². The van der Waals surface area contributed by atoms with E-state index in [-0.39, 0.29) is 5.56 Å². The highest BCUT2D eigenvalue weighted by Gasteiger charge is 2.06. The van der Waals surface area contributed by atoms with Gasteiger partial charge in [0.2, 0.25) is 0 Å². The number of fused-ring (bicyclic) bond motifs is 1. The van der Waals surface area contributed by atoms with Crippen molar-refractivity contribution in [2.24, 2.45) is 0 Å². The number of rotatable bonds is 3. The van der Waals surface area contributed by atoms with Gasteiger partial charge >= 0.3 is 5.97 Å². The van der Waals surface area contributed by atoms with Crippen LogP contribution >= 0.6 is 0 Å². The highest BCUT2D eigenvalue weighted by atomic mass is 16.4. The number of pyridine rings is 1. The maximum atomic E-state index is 10.9. The van der Waals surface area contributed by atoms with Gasteiger partial charge in [0.15, 0.2) is 0 Å². The molecule has 0 spiro atoms.